The van der Waals surface area contributed by atoms with Gasteiger partial charge in [-0.1, -0.05) is 18.2 Å². The van der Waals surface area contributed by atoms with Gasteiger partial charge in [-0.15, -0.1) is 0 Å². The van der Waals surface area contributed by atoms with Gasteiger partial charge in [-0.05, 0) is 55.8 Å². The number of aryl methyl sites for hydroxylation is 2. The van der Waals surface area contributed by atoms with E-state index in [2.05, 4.69) is 49.5 Å². The maximum Gasteiger partial charge on any atom is 0.125 e. The van der Waals surface area contributed by atoms with Crippen LogP contribution in [0.15, 0.2) is 36.4 Å². The van der Waals surface area contributed by atoms with Crippen molar-refractivity contribution in [2.75, 3.05) is 14.2 Å². The van der Waals surface area contributed by atoms with Gasteiger partial charge in [0, 0.05) is 12.1 Å². The highest BCUT2D eigenvalue weighted by Gasteiger charge is 2.07. The zero-order valence-electron chi connectivity index (χ0n) is 13.2. The molecule has 0 aromatic heterocycles. The number of ether oxygens (including phenoxy) is 2. The minimum absolute atomic E-state index is 0.505. The topological polar surface area (TPSA) is 30.5 Å². The van der Waals surface area contributed by atoms with Crippen LogP contribution >= 0.6 is 0 Å². The number of benzene rings is 2. The molecule has 0 aliphatic heterocycles. The number of methoxy groups -OCH3 is 1. The number of hydrogen-bond acceptors (Lipinski definition) is 3. The number of hydrogen-bond donors (Lipinski definition) is 1. The van der Waals surface area contributed by atoms with Gasteiger partial charge in [0.25, 0.3) is 0 Å². The fraction of sp³-hybridized carbons (Fsp3) is 0.333. The predicted octanol–water partition coefficient (Wildman–Crippen LogP) is 3.61. The average Bonchev–Trinajstić information content (AvgIpc) is 2.49. The van der Waals surface area contributed by atoms with Crippen molar-refractivity contribution in [1.29, 1.82) is 0 Å². The minimum atomic E-state index is 0.505. The standard InChI is InChI=1S/C18H23NO2/c1-13-5-6-14(2)18(9-13)21-12-16-10-15(11-19-3)7-8-17(16)20-4/h5-10,19H,11-12H2,1-4H3. The van der Waals surface area contributed by atoms with E-state index < -0.39 is 0 Å². The molecular weight excluding hydrogens is 262 g/mol. The van der Waals surface area contributed by atoms with Gasteiger partial charge in [0.1, 0.15) is 18.1 Å². The summed E-state index contributed by atoms with van der Waals surface area (Å²) >= 11 is 0. The summed E-state index contributed by atoms with van der Waals surface area (Å²) in [5.74, 6) is 1.79. The first kappa shape index (κ1) is 15.4. The monoisotopic (exact) mass is 285 g/mol. The summed E-state index contributed by atoms with van der Waals surface area (Å²) in [6.45, 7) is 5.47. The lowest BCUT2D eigenvalue weighted by atomic mass is 10.1. The summed E-state index contributed by atoms with van der Waals surface area (Å²) in [4.78, 5) is 0. The Hall–Kier alpha value is -2.00. The highest BCUT2D eigenvalue weighted by molar-refractivity contribution is 5.39. The largest absolute Gasteiger partial charge is 0.496 e. The van der Waals surface area contributed by atoms with Gasteiger partial charge in [0.05, 0.1) is 7.11 Å². The molecule has 0 amide bonds. The minimum Gasteiger partial charge on any atom is -0.496 e. The van der Waals surface area contributed by atoms with Gasteiger partial charge in [-0.2, -0.15) is 0 Å². The highest BCUT2D eigenvalue weighted by Crippen LogP contribution is 2.24. The molecule has 112 valence electrons. The second kappa shape index (κ2) is 7.14. The van der Waals surface area contributed by atoms with Crippen molar-refractivity contribution in [3.63, 3.8) is 0 Å². The van der Waals surface area contributed by atoms with E-state index in [0.29, 0.717) is 6.61 Å². The van der Waals surface area contributed by atoms with Crippen molar-refractivity contribution < 1.29 is 9.47 Å². The molecule has 2 aromatic carbocycles. The summed E-state index contributed by atoms with van der Waals surface area (Å²) < 4.78 is 11.4. The lowest BCUT2D eigenvalue weighted by molar-refractivity contribution is 0.294. The summed E-state index contributed by atoms with van der Waals surface area (Å²) in [5, 5.41) is 3.16. The smallest absolute Gasteiger partial charge is 0.125 e. The molecule has 0 saturated carbocycles. The lowest BCUT2D eigenvalue weighted by Gasteiger charge is -2.14. The third-order valence-electron chi connectivity index (χ3n) is 3.45. The summed E-state index contributed by atoms with van der Waals surface area (Å²) in [6, 6.07) is 12.4. The van der Waals surface area contributed by atoms with Crippen molar-refractivity contribution in [1.82, 2.24) is 5.32 Å². The number of nitrogens with one attached hydrogen (secondary N) is 1. The van der Waals surface area contributed by atoms with E-state index in [4.69, 9.17) is 9.47 Å². The molecule has 0 atom stereocenters. The molecule has 0 saturated heterocycles. The Bertz CT molecular complexity index is 608. The first-order valence-electron chi connectivity index (χ1n) is 7.14. The number of rotatable bonds is 6. The Morgan fingerprint density at radius 3 is 2.52 bits per heavy atom. The molecule has 1 N–H and O–H groups in total. The Balaban J connectivity index is 2.18. The van der Waals surface area contributed by atoms with Crippen LogP contribution in [0.25, 0.3) is 0 Å². The Morgan fingerprint density at radius 2 is 1.81 bits per heavy atom. The van der Waals surface area contributed by atoms with Crippen molar-refractivity contribution in [2.45, 2.75) is 27.0 Å². The van der Waals surface area contributed by atoms with E-state index in [1.165, 1.54) is 11.1 Å². The van der Waals surface area contributed by atoms with E-state index in [1.54, 1.807) is 7.11 Å². The summed E-state index contributed by atoms with van der Waals surface area (Å²) in [7, 11) is 3.63. The van der Waals surface area contributed by atoms with Crippen LogP contribution in [0.1, 0.15) is 22.3 Å². The Labute approximate surface area is 126 Å². The molecule has 3 nitrogen and oxygen atoms in total. The van der Waals surface area contributed by atoms with Gasteiger partial charge in [-0.25, -0.2) is 0 Å². The molecule has 21 heavy (non-hydrogen) atoms. The van der Waals surface area contributed by atoms with Crippen molar-refractivity contribution >= 4 is 0 Å². The van der Waals surface area contributed by atoms with Gasteiger partial charge in [-0.3, -0.25) is 0 Å². The van der Waals surface area contributed by atoms with Crippen molar-refractivity contribution in [3.05, 3.63) is 58.7 Å². The molecule has 0 heterocycles. The fourth-order valence-corrected chi connectivity index (χ4v) is 2.28. The van der Waals surface area contributed by atoms with Crippen LogP contribution in [0.5, 0.6) is 11.5 Å². The van der Waals surface area contributed by atoms with Crippen LogP contribution in [-0.4, -0.2) is 14.2 Å². The van der Waals surface area contributed by atoms with E-state index >= 15 is 0 Å². The zero-order valence-corrected chi connectivity index (χ0v) is 13.2. The van der Waals surface area contributed by atoms with Gasteiger partial charge < -0.3 is 14.8 Å². The molecule has 3 heteroatoms. The second-order valence-electron chi connectivity index (χ2n) is 5.23. The van der Waals surface area contributed by atoms with Gasteiger partial charge >= 0.3 is 0 Å². The summed E-state index contributed by atoms with van der Waals surface area (Å²) in [5.41, 5.74) is 4.63. The fourth-order valence-electron chi connectivity index (χ4n) is 2.28. The summed E-state index contributed by atoms with van der Waals surface area (Å²) in [6.07, 6.45) is 0. The van der Waals surface area contributed by atoms with E-state index in [9.17, 15) is 0 Å². The van der Waals surface area contributed by atoms with Gasteiger partial charge in [0.2, 0.25) is 0 Å². The maximum absolute atomic E-state index is 5.98. The van der Waals surface area contributed by atoms with Crippen molar-refractivity contribution in [2.24, 2.45) is 0 Å². The Morgan fingerprint density at radius 1 is 1.00 bits per heavy atom. The highest BCUT2D eigenvalue weighted by atomic mass is 16.5. The van der Waals surface area contributed by atoms with Crippen LogP contribution < -0.4 is 14.8 Å². The third kappa shape index (κ3) is 3.99. The normalized spacial score (nSPS) is 10.5. The molecule has 0 aliphatic carbocycles. The SMILES string of the molecule is CNCc1ccc(OC)c(COc2cc(C)ccc2C)c1. The Kier molecular flexibility index (Phi) is 5.23. The molecule has 0 bridgehead atoms. The second-order valence-corrected chi connectivity index (χ2v) is 5.23. The molecule has 0 aliphatic rings. The van der Waals surface area contributed by atoms with Crippen LogP contribution in [0.4, 0.5) is 0 Å². The quantitative estimate of drug-likeness (QED) is 0.879. The van der Waals surface area contributed by atoms with Crippen LogP contribution in [0.3, 0.4) is 0 Å². The third-order valence-corrected chi connectivity index (χ3v) is 3.45. The van der Waals surface area contributed by atoms with Crippen LogP contribution in [0.2, 0.25) is 0 Å². The lowest BCUT2D eigenvalue weighted by Crippen LogP contribution is -2.07. The molecule has 2 aromatic rings. The predicted molar refractivity (Wildman–Crippen MR) is 86.0 cm³/mol. The zero-order chi connectivity index (χ0) is 15.2. The first-order valence-corrected chi connectivity index (χ1v) is 7.14. The molecule has 2 rings (SSSR count). The van der Waals surface area contributed by atoms with Crippen LogP contribution in [0, 0.1) is 13.8 Å². The van der Waals surface area contributed by atoms with Crippen molar-refractivity contribution in [3.8, 4) is 11.5 Å². The molecule has 0 spiro atoms. The van der Waals surface area contributed by atoms with Gasteiger partial charge in [0.15, 0.2) is 0 Å². The molecule has 0 unspecified atom stereocenters. The van der Waals surface area contributed by atoms with Crippen LogP contribution in [-0.2, 0) is 13.2 Å². The van der Waals surface area contributed by atoms with E-state index in [0.717, 1.165) is 29.2 Å². The van der Waals surface area contributed by atoms with E-state index in [-0.39, 0.29) is 0 Å². The molecule has 0 fully saturated rings. The van der Waals surface area contributed by atoms with E-state index in [1.807, 2.05) is 13.1 Å². The average molecular weight is 285 g/mol. The first-order chi connectivity index (χ1) is 10.1. The molecular formula is C18H23NO2. The maximum atomic E-state index is 5.98. The molecule has 0 radical (unpaired) electrons.